The number of hydrogen-bond donors (Lipinski definition) is 0. The fraction of sp³-hybridized carbons (Fsp3) is 0.293. The number of nitrogens with zero attached hydrogens (tertiary/aromatic N) is 2. The molecule has 7 rings (SSSR count). The highest BCUT2D eigenvalue weighted by Crippen LogP contribution is 2.50. The maximum atomic E-state index is 2.57. The van der Waals surface area contributed by atoms with Crippen molar-refractivity contribution in [2.75, 3.05) is 23.4 Å². The van der Waals surface area contributed by atoms with Crippen molar-refractivity contribution in [1.82, 2.24) is 0 Å². The molecule has 3 heteroatoms. The molecule has 4 aromatic carbocycles. The first-order valence-electron chi connectivity index (χ1n) is 15.9. The van der Waals surface area contributed by atoms with Gasteiger partial charge in [0.25, 0.3) is 0 Å². The summed E-state index contributed by atoms with van der Waals surface area (Å²) in [7, 11) is 4.46. The third-order valence-electron chi connectivity index (χ3n) is 10.5. The zero-order valence-corrected chi connectivity index (χ0v) is 29.0. The van der Waals surface area contributed by atoms with Crippen molar-refractivity contribution in [1.29, 1.82) is 0 Å². The summed E-state index contributed by atoms with van der Waals surface area (Å²) in [4.78, 5) is 2.41. The molecule has 0 aromatic heterocycles. The molecule has 2 nitrogen and oxygen atoms in total. The number of fused-ring (bicyclic) bond motifs is 6. The number of hydrogen-bond acceptors (Lipinski definition) is 1. The smallest absolute Gasteiger partial charge is 0.210 e. The summed E-state index contributed by atoms with van der Waals surface area (Å²) in [5, 5.41) is 5.36. The molecular formula is C41H42IN2+. The second-order valence-electron chi connectivity index (χ2n) is 13.7. The SMILES string of the molecule is CN1/C(=C/C=C2\CCCC(/C=C/C3=[N+](C)c4ccc5ccccc5c4C3(C)C)=C2CI)C(C)(C)c2c1ccc1ccccc21. The fourth-order valence-electron chi connectivity index (χ4n) is 8.26. The largest absolute Gasteiger partial charge is 0.347 e. The monoisotopic (exact) mass is 689 g/mol. The highest BCUT2D eigenvalue weighted by molar-refractivity contribution is 14.1. The first-order valence-corrected chi connectivity index (χ1v) is 17.4. The van der Waals surface area contributed by atoms with E-state index in [4.69, 9.17) is 0 Å². The number of alkyl halides is 1. The molecular weight excluding hydrogens is 647 g/mol. The van der Waals surface area contributed by atoms with Gasteiger partial charge in [0.2, 0.25) is 5.69 Å². The van der Waals surface area contributed by atoms with E-state index in [0.717, 1.165) is 17.3 Å². The standard InChI is InChI=1S/C41H42IN2/c1-40(2)36(43(5)34-22-18-27-12-7-9-16-31(27)38(34)40)24-20-29-14-11-15-30(33(29)26-42)21-25-37-41(3,4)39-32-17-10-8-13-28(32)19-23-35(39)44(37)6/h7-10,12-13,16-25H,11,14-15,26H2,1-6H3/q+1. The van der Waals surface area contributed by atoms with Gasteiger partial charge in [-0.25, -0.2) is 0 Å². The van der Waals surface area contributed by atoms with Gasteiger partial charge < -0.3 is 4.90 Å². The topological polar surface area (TPSA) is 6.25 Å². The average molecular weight is 690 g/mol. The Labute approximate surface area is 276 Å². The average Bonchev–Trinajstić information content (AvgIpc) is 3.35. The number of benzene rings is 4. The van der Waals surface area contributed by atoms with Crippen LogP contribution in [0.5, 0.6) is 0 Å². The Morgan fingerprint density at radius 2 is 1.43 bits per heavy atom. The van der Waals surface area contributed by atoms with E-state index in [1.807, 2.05) is 0 Å². The second kappa shape index (κ2) is 10.9. The molecule has 0 bridgehead atoms. The van der Waals surface area contributed by atoms with E-state index in [1.54, 1.807) is 0 Å². The third-order valence-corrected chi connectivity index (χ3v) is 11.2. The van der Waals surface area contributed by atoms with Crippen LogP contribution in [0.25, 0.3) is 21.5 Å². The van der Waals surface area contributed by atoms with Crippen molar-refractivity contribution in [3.8, 4) is 0 Å². The summed E-state index contributed by atoms with van der Waals surface area (Å²) in [6.45, 7) is 9.53. The number of allylic oxidation sites excluding steroid dienone is 8. The van der Waals surface area contributed by atoms with E-state index < -0.39 is 0 Å². The van der Waals surface area contributed by atoms with Gasteiger partial charge in [0.15, 0.2) is 5.71 Å². The molecule has 0 fully saturated rings. The van der Waals surface area contributed by atoms with Crippen LogP contribution >= 0.6 is 22.6 Å². The van der Waals surface area contributed by atoms with Gasteiger partial charge in [-0.15, -0.1) is 0 Å². The molecule has 2 aliphatic heterocycles. The summed E-state index contributed by atoms with van der Waals surface area (Å²) >= 11 is 2.57. The fourth-order valence-corrected chi connectivity index (χ4v) is 9.24. The Balaban J connectivity index is 1.24. The van der Waals surface area contributed by atoms with Gasteiger partial charge in [0.05, 0.1) is 5.41 Å². The van der Waals surface area contributed by atoms with Crippen LogP contribution in [0.15, 0.2) is 120 Å². The lowest BCUT2D eigenvalue weighted by Crippen LogP contribution is -2.27. The number of halogens is 1. The molecule has 0 amide bonds. The van der Waals surface area contributed by atoms with Crippen LogP contribution in [0.3, 0.4) is 0 Å². The summed E-state index contributed by atoms with van der Waals surface area (Å²) < 4.78 is 3.43. The van der Waals surface area contributed by atoms with Crippen molar-refractivity contribution in [3.63, 3.8) is 0 Å². The van der Waals surface area contributed by atoms with Gasteiger partial charge in [-0.1, -0.05) is 103 Å². The minimum Gasteiger partial charge on any atom is -0.347 e. The molecule has 222 valence electrons. The summed E-state index contributed by atoms with van der Waals surface area (Å²) in [6.07, 6.45) is 13.2. The number of anilines is 1. The van der Waals surface area contributed by atoms with Crippen molar-refractivity contribution in [2.45, 2.75) is 57.8 Å². The van der Waals surface area contributed by atoms with Crippen LogP contribution < -0.4 is 4.90 Å². The maximum Gasteiger partial charge on any atom is 0.210 e. The molecule has 2 heterocycles. The third kappa shape index (κ3) is 4.45. The quantitative estimate of drug-likeness (QED) is 0.117. The minimum atomic E-state index is -0.0674. The van der Waals surface area contributed by atoms with Crippen molar-refractivity contribution in [3.05, 3.63) is 131 Å². The van der Waals surface area contributed by atoms with E-state index in [9.17, 15) is 0 Å². The second-order valence-corrected chi connectivity index (χ2v) is 14.4. The van der Waals surface area contributed by atoms with Crippen molar-refractivity contribution >= 4 is 61.2 Å². The van der Waals surface area contributed by atoms with E-state index in [0.29, 0.717) is 0 Å². The molecule has 0 atom stereocenters. The van der Waals surface area contributed by atoms with Crippen LogP contribution in [-0.2, 0) is 10.8 Å². The Morgan fingerprint density at radius 3 is 2.14 bits per heavy atom. The lowest BCUT2D eigenvalue weighted by Gasteiger charge is -2.25. The lowest BCUT2D eigenvalue weighted by molar-refractivity contribution is -0.401. The Morgan fingerprint density at radius 1 is 0.773 bits per heavy atom. The molecule has 0 spiro atoms. The molecule has 44 heavy (non-hydrogen) atoms. The highest BCUT2D eigenvalue weighted by Gasteiger charge is 2.44. The Bertz CT molecular complexity index is 2000. The van der Waals surface area contributed by atoms with Crippen LogP contribution in [0, 0.1) is 0 Å². The first-order chi connectivity index (χ1) is 21.1. The van der Waals surface area contributed by atoms with Crippen molar-refractivity contribution < 1.29 is 4.58 Å². The predicted octanol–water partition coefficient (Wildman–Crippen LogP) is 10.7. The predicted molar refractivity (Wildman–Crippen MR) is 198 cm³/mol. The van der Waals surface area contributed by atoms with E-state index >= 15 is 0 Å². The van der Waals surface area contributed by atoms with Crippen LogP contribution in [-0.4, -0.2) is 28.8 Å². The molecule has 0 radical (unpaired) electrons. The van der Waals surface area contributed by atoms with Gasteiger partial charge in [-0.3, -0.25) is 0 Å². The van der Waals surface area contributed by atoms with Crippen LogP contribution in [0.4, 0.5) is 11.4 Å². The van der Waals surface area contributed by atoms with Gasteiger partial charge in [0.1, 0.15) is 7.05 Å². The van der Waals surface area contributed by atoms with Crippen molar-refractivity contribution in [2.24, 2.45) is 0 Å². The van der Waals surface area contributed by atoms with Crippen LogP contribution in [0.2, 0.25) is 0 Å². The molecule has 4 aromatic rings. The molecule has 3 aliphatic rings. The highest BCUT2D eigenvalue weighted by atomic mass is 127. The Hall–Kier alpha value is -3.44. The molecule has 1 aliphatic carbocycles. The summed E-state index contributed by atoms with van der Waals surface area (Å²) in [5.41, 5.74) is 12.6. The van der Waals surface area contributed by atoms with Crippen LogP contribution in [0.1, 0.15) is 58.1 Å². The zero-order chi connectivity index (χ0) is 30.8. The van der Waals surface area contributed by atoms with Gasteiger partial charge in [-0.05, 0) is 95.1 Å². The van der Waals surface area contributed by atoms with E-state index in [-0.39, 0.29) is 10.8 Å². The first kappa shape index (κ1) is 29.3. The lowest BCUT2D eigenvalue weighted by atomic mass is 9.78. The number of rotatable bonds is 4. The maximum absolute atomic E-state index is 2.57. The zero-order valence-electron chi connectivity index (χ0n) is 26.8. The normalized spacial score (nSPS) is 21.0. The summed E-state index contributed by atoms with van der Waals surface area (Å²) in [5.74, 6) is 0. The molecule has 0 saturated heterocycles. The van der Waals surface area contributed by atoms with Gasteiger partial charge >= 0.3 is 0 Å². The molecule has 0 unspecified atom stereocenters. The molecule has 0 N–H and O–H groups in total. The van der Waals surface area contributed by atoms with E-state index in [2.05, 4.69) is 171 Å². The molecule has 0 saturated carbocycles. The van der Waals surface area contributed by atoms with Gasteiger partial charge in [-0.2, -0.15) is 4.58 Å². The minimum absolute atomic E-state index is 0.0674. The number of likely N-dealkylation sites (N-methyl/N-ethyl adjacent to an activating group) is 1. The summed E-state index contributed by atoms with van der Waals surface area (Å²) in [6, 6.07) is 26.8. The van der Waals surface area contributed by atoms with Gasteiger partial charge in [0, 0.05) is 46.0 Å². The van der Waals surface area contributed by atoms with E-state index in [1.165, 1.54) is 78.6 Å². The Kier molecular flexibility index (Phi) is 7.23.